The van der Waals surface area contributed by atoms with Crippen LogP contribution in [0.4, 0.5) is 0 Å². The summed E-state index contributed by atoms with van der Waals surface area (Å²) in [4.78, 5) is 11.6. The Morgan fingerprint density at radius 1 is 1.61 bits per heavy atom. The van der Waals surface area contributed by atoms with Crippen LogP contribution >= 0.6 is 11.8 Å². The van der Waals surface area contributed by atoms with E-state index in [1.54, 1.807) is 23.9 Å². The molecule has 2 aromatic rings. The van der Waals surface area contributed by atoms with Crippen LogP contribution in [0.5, 0.6) is 0 Å². The van der Waals surface area contributed by atoms with E-state index in [1.165, 1.54) is 18.0 Å². The van der Waals surface area contributed by atoms with Gasteiger partial charge in [0.2, 0.25) is 0 Å². The van der Waals surface area contributed by atoms with Crippen LogP contribution in [0.25, 0.3) is 0 Å². The molecule has 96 valence electrons. The van der Waals surface area contributed by atoms with E-state index in [4.69, 9.17) is 9.15 Å². The van der Waals surface area contributed by atoms with Gasteiger partial charge in [0.05, 0.1) is 18.6 Å². The zero-order chi connectivity index (χ0) is 13.0. The Bertz CT molecular complexity index is 535. The quantitative estimate of drug-likeness (QED) is 0.608. The van der Waals surface area contributed by atoms with Crippen molar-refractivity contribution in [3.63, 3.8) is 0 Å². The Balaban J connectivity index is 2.04. The Labute approximate surface area is 108 Å². The molecule has 2 aromatic heterocycles. The van der Waals surface area contributed by atoms with Crippen LogP contribution in [0.2, 0.25) is 0 Å². The van der Waals surface area contributed by atoms with Crippen LogP contribution in [0, 0.1) is 0 Å². The molecule has 6 nitrogen and oxygen atoms in total. The van der Waals surface area contributed by atoms with Gasteiger partial charge in [-0.15, -0.1) is 10.2 Å². The molecule has 0 unspecified atom stereocenters. The first-order valence-electron chi connectivity index (χ1n) is 5.42. The number of carbonyl (C=O) groups is 1. The molecule has 0 fully saturated rings. The maximum Gasteiger partial charge on any atom is 0.341 e. The lowest BCUT2D eigenvalue weighted by molar-refractivity contribution is 0.0524. The molecule has 2 rings (SSSR count). The fraction of sp³-hybridized carbons (Fsp3) is 0.364. The van der Waals surface area contributed by atoms with Gasteiger partial charge in [-0.2, -0.15) is 0 Å². The van der Waals surface area contributed by atoms with Gasteiger partial charge in [0.25, 0.3) is 0 Å². The number of hydrogen-bond donors (Lipinski definition) is 0. The van der Waals surface area contributed by atoms with E-state index < -0.39 is 0 Å². The number of rotatable bonds is 5. The van der Waals surface area contributed by atoms with Crippen LogP contribution in [0.1, 0.15) is 23.0 Å². The Morgan fingerprint density at radius 3 is 3.11 bits per heavy atom. The number of thioether (sulfide) groups is 1. The van der Waals surface area contributed by atoms with Crippen LogP contribution in [-0.4, -0.2) is 27.3 Å². The van der Waals surface area contributed by atoms with Gasteiger partial charge < -0.3 is 13.7 Å². The third-order valence-electron chi connectivity index (χ3n) is 2.24. The molecule has 2 heterocycles. The van der Waals surface area contributed by atoms with Crippen molar-refractivity contribution in [3.05, 3.63) is 30.0 Å². The van der Waals surface area contributed by atoms with E-state index in [9.17, 15) is 4.79 Å². The zero-order valence-corrected chi connectivity index (χ0v) is 10.9. The first-order chi connectivity index (χ1) is 8.72. The summed E-state index contributed by atoms with van der Waals surface area (Å²) >= 11 is 1.45. The Hall–Kier alpha value is -1.76. The van der Waals surface area contributed by atoms with Crippen molar-refractivity contribution in [3.8, 4) is 0 Å². The molecular weight excluding hydrogens is 254 g/mol. The molecule has 0 radical (unpaired) electrons. The van der Waals surface area contributed by atoms with E-state index >= 15 is 0 Å². The minimum Gasteiger partial charge on any atom is -0.468 e. The van der Waals surface area contributed by atoms with Gasteiger partial charge in [-0.3, -0.25) is 0 Å². The molecular formula is C11H13N3O3S. The molecule has 0 atom stereocenters. The standard InChI is InChI=1S/C11H13N3O3S/c1-3-16-10(15)8-4-5-17-9(8)6-18-11-13-12-7-14(11)2/h4-5,7H,3,6H2,1-2H3. The molecule has 0 aliphatic carbocycles. The lowest BCUT2D eigenvalue weighted by Crippen LogP contribution is -2.05. The third-order valence-corrected chi connectivity index (χ3v) is 3.28. The van der Waals surface area contributed by atoms with Crippen LogP contribution < -0.4 is 0 Å². The molecule has 0 spiro atoms. The van der Waals surface area contributed by atoms with Crippen molar-refractivity contribution in [2.45, 2.75) is 17.8 Å². The van der Waals surface area contributed by atoms with Gasteiger partial charge in [0.1, 0.15) is 17.7 Å². The number of esters is 1. The van der Waals surface area contributed by atoms with Crippen molar-refractivity contribution in [1.29, 1.82) is 0 Å². The second-order valence-corrected chi connectivity index (χ2v) is 4.43. The van der Waals surface area contributed by atoms with Gasteiger partial charge in [0, 0.05) is 7.05 Å². The summed E-state index contributed by atoms with van der Waals surface area (Å²) in [6, 6.07) is 1.62. The first-order valence-corrected chi connectivity index (χ1v) is 6.41. The summed E-state index contributed by atoms with van der Waals surface area (Å²) in [5.41, 5.74) is 0.464. The number of carbonyl (C=O) groups excluding carboxylic acids is 1. The van der Waals surface area contributed by atoms with Crippen molar-refractivity contribution in [2.75, 3.05) is 6.61 Å². The maximum atomic E-state index is 11.6. The highest BCUT2D eigenvalue weighted by Gasteiger charge is 2.16. The number of ether oxygens (including phenoxy) is 1. The Kier molecular flexibility index (Phi) is 4.03. The van der Waals surface area contributed by atoms with E-state index in [0.717, 1.165) is 5.16 Å². The predicted molar refractivity (Wildman–Crippen MR) is 65.2 cm³/mol. The van der Waals surface area contributed by atoms with Gasteiger partial charge in [-0.1, -0.05) is 11.8 Å². The maximum absolute atomic E-state index is 11.6. The molecule has 7 heteroatoms. The second kappa shape index (κ2) is 5.72. The van der Waals surface area contributed by atoms with E-state index in [-0.39, 0.29) is 5.97 Å². The summed E-state index contributed by atoms with van der Waals surface area (Å²) < 4.78 is 12.0. The van der Waals surface area contributed by atoms with Crippen LogP contribution in [0.3, 0.4) is 0 Å². The molecule has 0 bridgehead atoms. The summed E-state index contributed by atoms with van der Waals surface area (Å²) in [7, 11) is 1.86. The summed E-state index contributed by atoms with van der Waals surface area (Å²) in [6.07, 6.45) is 3.11. The second-order valence-electron chi connectivity index (χ2n) is 3.49. The molecule has 0 amide bonds. The number of nitrogens with zero attached hydrogens (tertiary/aromatic N) is 3. The smallest absolute Gasteiger partial charge is 0.341 e. The SMILES string of the molecule is CCOC(=O)c1ccoc1CSc1nncn1C. The fourth-order valence-corrected chi connectivity index (χ4v) is 2.22. The fourth-order valence-electron chi connectivity index (χ4n) is 1.38. The van der Waals surface area contributed by atoms with Crippen molar-refractivity contribution in [1.82, 2.24) is 14.8 Å². The van der Waals surface area contributed by atoms with Crippen molar-refractivity contribution < 1.29 is 13.9 Å². The molecule has 0 aromatic carbocycles. The topological polar surface area (TPSA) is 70.2 Å². The average molecular weight is 267 g/mol. The first kappa shape index (κ1) is 12.7. The largest absolute Gasteiger partial charge is 0.468 e. The normalized spacial score (nSPS) is 10.6. The number of furan rings is 1. The van der Waals surface area contributed by atoms with Gasteiger partial charge in [-0.25, -0.2) is 4.79 Å². The van der Waals surface area contributed by atoms with Crippen LogP contribution in [0.15, 0.2) is 28.2 Å². The molecule has 0 aliphatic heterocycles. The summed E-state index contributed by atoms with van der Waals surface area (Å²) in [5.74, 6) is 0.731. The van der Waals surface area contributed by atoms with Gasteiger partial charge in [-0.05, 0) is 13.0 Å². The molecule has 0 saturated heterocycles. The predicted octanol–water partition coefficient (Wildman–Crippen LogP) is 1.88. The van der Waals surface area contributed by atoms with E-state index in [2.05, 4.69) is 10.2 Å². The summed E-state index contributed by atoms with van der Waals surface area (Å²) in [5, 5.41) is 8.49. The van der Waals surface area contributed by atoms with Gasteiger partial charge >= 0.3 is 5.97 Å². The monoisotopic (exact) mass is 267 g/mol. The minimum absolute atomic E-state index is 0.347. The number of aromatic nitrogens is 3. The average Bonchev–Trinajstić information content (AvgIpc) is 2.95. The molecule has 0 aliphatic rings. The Morgan fingerprint density at radius 2 is 2.44 bits per heavy atom. The highest BCUT2D eigenvalue weighted by molar-refractivity contribution is 7.98. The zero-order valence-electron chi connectivity index (χ0n) is 10.1. The lowest BCUT2D eigenvalue weighted by Gasteiger charge is -2.02. The highest BCUT2D eigenvalue weighted by atomic mass is 32.2. The van der Waals surface area contributed by atoms with Crippen LogP contribution in [-0.2, 0) is 17.5 Å². The number of hydrogen-bond acceptors (Lipinski definition) is 6. The summed E-state index contributed by atoms with van der Waals surface area (Å²) in [6.45, 7) is 2.12. The van der Waals surface area contributed by atoms with E-state index in [1.807, 2.05) is 7.05 Å². The highest BCUT2D eigenvalue weighted by Crippen LogP contribution is 2.23. The van der Waals surface area contributed by atoms with Crippen molar-refractivity contribution >= 4 is 17.7 Å². The van der Waals surface area contributed by atoms with Crippen molar-refractivity contribution in [2.24, 2.45) is 7.05 Å². The number of aryl methyl sites for hydroxylation is 1. The molecule has 0 N–H and O–H groups in total. The third kappa shape index (κ3) is 2.73. The molecule has 0 saturated carbocycles. The van der Waals surface area contributed by atoms with E-state index in [0.29, 0.717) is 23.7 Å². The minimum atomic E-state index is -0.361. The lowest BCUT2D eigenvalue weighted by atomic mass is 10.3. The van der Waals surface area contributed by atoms with Gasteiger partial charge in [0.15, 0.2) is 5.16 Å². The molecule has 18 heavy (non-hydrogen) atoms.